The molecule has 0 aliphatic carbocycles. The first-order valence-electron chi connectivity index (χ1n) is 6.62. The van der Waals surface area contributed by atoms with E-state index in [1.165, 1.54) is 0 Å². The molecular formula is C13H20N4O3S. The third-order valence-electron chi connectivity index (χ3n) is 2.77. The first kappa shape index (κ1) is 17.0. The highest BCUT2D eigenvalue weighted by Gasteiger charge is 2.22. The Bertz CT molecular complexity index is 554. The largest absolute Gasteiger partial charge is 0.462 e. The molecule has 0 saturated carbocycles. The fourth-order valence-corrected chi connectivity index (χ4v) is 2.06. The SMILES string of the molecule is CCNC(=S)NNC(=O)c1[nH]c(C)c(C(=O)OCC)c1C. The number of carbonyl (C=O) groups is 2. The number of nitrogens with one attached hydrogen (secondary N) is 4. The molecule has 0 fully saturated rings. The highest BCUT2D eigenvalue weighted by atomic mass is 32.1. The van der Waals surface area contributed by atoms with Crippen molar-refractivity contribution in [2.75, 3.05) is 13.2 Å². The van der Waals surface area contributed by atoms with E-state index in [1.807, 2.05) is 6.92 Å². The van der Waals surface area contributed by atoms with Gasteiger partial charge < -0.3 is 15.0 Å². The quantitative estimate of drug-likeness (QED) is 0.375. The minimum atomic E-state index is -0.445. The number of hydrogen-bond donors (Lipinski definition) is 4. The average Bonchev–Trinajstić information content (AvgIpc) is 2.72. The zero-order valence-corrected chi connectivity index (χ0v) is 13.4. The topological polar surface area (TPSA) is 95.2 Å². The third kappa shape index (κ3) is 4.19. The molecule has 0 unspecified atom stereocenters. The number of aromatic nitrogens is 1. The zero-order chi connectivity index (χ0) is 16.0. The van der Waals surface area contributed by atoms with Crippen LogP contribution in [0.1, 0.15) is 46.0 Å². The second-order valence-electron chi connectivity index (χ2n) is 4.28. The number of H-pyrrole nitrogens is 1. The van der Waals surface area contributed by atoms with Crippen LogP contribution < -0.4 is 16.2 Å². The molecule has 1 rings (SSSR count). The summed E-state index contributed by atoms with van der Waals surface area (Å²) in [5, 5.41) is 3.16. The van der Waals surface area contributed by atoms with Gasteiger partial charge in [-0.2, -0.15) is 0 Å². The fraction of sp³-hybridized carbons (Fsp3) is 0.462. The second kappa shape index (κ2) is 7.63. The molecule has 116 valence electrons. The summed E-state index contributed by atoms with van der Waals surface area (Å²) >= 11 is 4.94. The van der Waals surface area contributed by atoms with Gasteiger partial charge in [-0.1, -0.05) is 0 Å². The maximum Gasteiger partial charge on any atom is 0.340 e. The molecule has 21 heavy (non-hydrogen) atoms. The summed E-state index contributed by atoms with van der Waals surface area (Å²) in [7, 11) is 0. The van der Waals surface area contributed by atoms with E-state index in [9.17, 15) is 9.59 Å². The Labute approximate surface area is 128 Å². The Morgan fingerprint density at radius 1 is 1.24 bits per heavy atom. The predicted molar refractivity (Wildman–Crippen MR) is 83.1 cm³/mol. The Kier molecular flexibility index (Phi) is 6.16. The van der Waals surface area contributed by atoms with Crippen molar-refractivity contribution in [1.82, 2.24) is 21.2 Å². The summed E-state index contributed by atoms with van der Waals surface area (Å²) in [5.74, 6) is -0.856. The molecule has 0 aliphatic rings. The summed E-state index contributed by atoms with van der Waals surface area (Å²) < 4.78 is 4.98. The molecule has 0 atom stereocenters. The van der Waals surface area contributed by atoms with Gasteiger partial charge in [0.15, 0.2) is 5.11 Å². The van der Waals surface area contributed by atoms with Gasteiger partial charge in [0.25, 0.3) is 5.91 Å². The van der Waals surface area contributed by atoms with Crippen molar-refractivity contribution >= 4 is 29.2 Å². The van der Waals surface area contributed by atoms with E-state index >= 15 is 0 Å². The van der Waals surface area contributed by atoms with Crippen molar-refractivity contribution in [1.29, 1.82) is 0 Å². The van der Waals surface area contributed by atoms with Crippen LogP contribution in [0.15, 0.2) is 0 Å². The van der Waals surface area contributed by atoms with Gasteiger partial charge in [-0.05, 0) is 45.5 Å². The highest BCUT2D eigenvalue weighted by molar-refractivity contribution is 7.80. The number of rotatable bonds is 4. The van der Waals surface area contributed by atoms with Gasteiger partial charge in [0.2, 0.25) is 0 Å². The lowest BCUT2D eigenvalue weighted by Gasteiger charge is -2.09. The molecule has 4 N–H and O–H groups in total. The molecule has 7 nitrogen and oxygen atoms in total. The van der Waals surface area contributed by atoms with Gasteiger partial charge in [0, 0.05) is 12.2 Å². The molecule has 1 aromatic rings. The van der Waals surface area contributed by atoms with E-state index < -0.39 is 11.9 Å². The Hall–Kier alpha value is -2.09. The molecular weight excluding hydrogens is 292 g/mol. The molecule has 0 aromatic carbocycles. The lowest BCUT2D eigenvalue weighted by molar-refractivity contribution is 0.0525. The molecule has 0 saturated heterocycles. The van der Waals surface area contributed by atoms with E-state index in [2.05, 4.69) is 21.2 Å². The zero-order valence-electron chi connectivity index (χ0n) is 12.5. The summed E-state index contributed by atoms with van der Waals surface area (Å²) in [6, 6.07) is 0. The number of aryl methyl sites for hydroxylation is 1. The smallest absolute Gasteiger partial charge is 0.340 e. The number of esters is 1. The van der Waals surface area contributed by atoms with Crippen LogP contribution in [-0.2, 0) is 4.74 Å². The maximum atomic E-state index is 12.1. The number of hydrazine groups is 1. The molecule has 8 heteroatoms. The number of ether oxygens (including phenoxy) is 1. The van der Waals surface area contributed by atoms with E-state index in [-0.39, 0.29) is 6.61 Å². The number of thiocarbonyl (C=S) groups is 1. The molecule has 0 spiro atoms. The second-order valence-corrected chi connectivity index (χ2v) is 4.69. The molecule has 0 aliphatic heterocycles. The van der Waals surface area contributed by atoms with Crippen LogP contribution in [0.5, 0.6) is 0 Å². The van der Waals surface area contributed by atoms with Crippen molar-refractivity contribution < 1.29 is 14.3 Å². The molecule has 0 bridgehead atoms. The normalized spacial score (nSPS) is 9.90. The molecule has 1 amide bonds. The number of aromatic amines is 1. The van der Waals surface area contributed by atoms with Gasteiger partial charge in [0.1, 0.15) is 5.69 Å². The molecule has 1 aromatic heterocycles. The number of carbonyl (C=O) groups excluding carboxylic acids is 2. The van der Waals surface area contributed by atoms with Crippen LogP contribution in [0.4, 0.5) is 0 Å². The first-order chi connectivity index (χ1) is 9.92. The van der Waals surface area contributed by atoms with Gasteiger partial charge in [-0.25, -0.2) is 4.79 Å². The lowest BCUT2D eigenvalue weighted by Crippen LogP contribution is -2.46. The predicted octanol–water partition coefficient (Wildman–Crippen LogP) is 0.937. The van der Waals surface area contributed by atoms with E-state index in [0.717, 1.165) is 0 Å². The lowest BCUT2D eigenvalue weighted by atomic mass is 10.1. The van der Waals surface area contributed by atoms with Crippen molar-refractivity contribution in [3.8, 4) is 0 Å². The van der Waals surface area contributed by atoms with Crippen molar-refractivity contribution in [2.24, 2.45) is 0 Å². The van der Waals surface area contributed by atoms with E-state index in [4.69, 9.17) is 17.0 Å². The third-order valence-corrected chi connectivity index (χ3v) is 3.02. The molecule has 1 heterocycles. The van der Waals surface area contributed by atoms with Crippen LogP contribution in [-0.4, -0.2) is 35.1 Å². The Morgan fingerprint density at radius 2 is 1.90 bits per heavy atom. The van der Waals surface area contributed by atoms with Crippen molar-refractivity contribution in [3.63, 3.8) is 0 Å². The standard InChI is InChI=1S/C13H20N4O3S/c1-5-14-13(21)17-16-11(18)10-7(3)9(8(4)15-10)12(19)20-6-2/h15H,5-6H2,1-4H3,(H,16,18)(H2,14,17,21). The van der Waals surface area contributed by atoms with Crippen LogP contribution in [0, 0.1) is 13.8 Å². The summed E-state index contributed by atoms with van der Waals surface area (Å²) in [6.45, 7) is 7.95. The Balaban J connectivity index is 2.84. The van der Waals surface area contributed by atoms with Crippen molar-refractivity contribution in [3.05, 3.63) is 22.5 Å². The van der Waals surface area contributed by atoms with Gasteiger partial charge in [-0.3, -0.25) is 15.6 Å². The first-order valence-corrected chi connectivity index (χ1v) is 7.03. The van der Waals surface area contributed by atoms with Gasteiger partial charge in [0.05, 0.1) is 12.2 Å². The van der Waals surface area contributed by atoms with E-state index in [1.54, 1.807) is 20.8 Å². The number of amides is 1. The molecule has 0 radical (unpaired) electrons. The average molecular weight is 312 g/mol. The highest BCUT2D eigenvalue weighted by Crippen LogP contribution is 2.18. The van der Waals surface area contributed by atoms with E-state index in [0.29, 0.717) is 34.2 Å². The summed E-state index contributed by atoms with van der Waals surface area (Å²) in [5.41, 5.74) is 6.85. The van der Waals surface area contributed by atoms with Gasteiger partial charge >= 0.3 is 5.97 Å². The minimum absolute atomic E-state index is 0.281. The Morgan fingerprint density at radius 3 is 2.48 bits per heavy atom. The van der Waals surface area contributed by atoms with Crippen LogP contribution in [0.3, 0.4) is 0 Å². The summed E-state index contributed by atoms with van der Waals surface area (Å²) in [4.78, 5) is 26.8. The monoisotopic (exact) mass is 312 g/mol. The van der Waals surface area contributed by atoms with Crippen LogP contribution >= 0.6 is 12.2 Å². The van der Waals surface area contributed by atoms with Crippen molar-refractivity contribution in [2.45, 2.75) is 27.7 Å². The maximum absolute atomic E-state index is 12.1. The summed E-state index contributed by atoms with van der Waals surface area (Å²) in [6.07, 6.45) is 0. The number of hydrogen-bond acceptors (Lipinski definition) is 4. The minimum Gasteiger partial charge on any atom is -0.462 e. The van der Waals surface area contributed by atoms with Crippen LogP contribution in [0.2, 0.25) is 0 Å². The van der Waals surface area contributed by atoms with Gasteiger partial charge in [-0.15, -0.1) is 0 Å². The fourth-order valence-electron chi connectivity index (χ4n) is 1.87. The van der Waals surface area contributed by atoms with Crippen LogP contribution in [0.25, 0.3) is 0 Å².